The molecule has 0 N–H and O–H groups in total. The molecule has 2 rings (SSSR count). The minimum Gasteiger partial charge on any atom is -0.438 e. The normalized spacial score (nSPS) is 11.3. The highest BCUT2D eigenvalue weighted by Crippen LogP contribution is 2.35. The summed E-state index contributed by atoms with van der Waals surface area (Å²) in [5, 5.41) is 0. The van der Waals surface area contributed by atoms with Crippen LogP contribution in [0.15, 0.2) is 30.5 Å². The fourth-order valence-electron chi connectivity index (χ4n) is 2.19. The Morgan fingerprint density at radius 1 is 1.14 bits per heavy atom. The summed E-state index contributed by atoms with van der Waals surface area (Å²) in [4.78, 5) is 15.0. The third-order valence-corrected chi connectivity index (χ3v) is 3.34. The van der Waals surface area contributed by atoms with Gasteiger partial charge in [-0.3, -0.25) is 4.79 Å². The lowest BCUT2D eigenvalue weighted by Gasteiger charge is -2.23. The molecule has 0 bridgehead atoms. The Morgan fingerprint density at radius 2 is 1.86 bits per heavy atom. The number of rotatable bonds is 3. The molecule has 0 saturated carbocycles. The van der Waals surface area contributed by atoms with E-state index in [2.05, 4.69) is 37.9 Å². The molecule has 1 heterocycles. The van der Waals surface area contributed by atoms with Gasteiger partial charge in [0.1, 0.15) is 5.75 Å². The molecule has 3 heteroatoms. The molecule has 0 radical (unpaired) electrons. The molecule has 2 aromatic rings. The van der Waals surface area contributed by atoms with Crippen LogP contribution >= 0.6 is 0 Å². The zero-order valence-corrected chi connectivity index (χ0v) is 13.2. The summed E-state index contributed by atoms with van der Waals surface area (Å²) in [7, 11) is 0. The molecule has 1 aromatic carbocycles. The van der Waals surface area contributed by atoms with E-state index >= 15 is 0 Å². The smallest absolute Gasteiger partial charge is 0.222 e. The zero-order chi connectivity index (χ0) is 15.6. The molecular weight excluding hydrogens is 262 g/mol. The van der Waals surface area contributed by atoms with Gasteiger partial charge in [-0.15, -0.1) is 0 Å². The van der Waals surface area contributed by atoms with E-state index in [1.807, 2.05) is 19.9 Å². The van der Waals surface area contributed by atoms with E-state index in [1.54, 1.807) is 6.07 Å². The van der Waals surface area contributed by atoms with Gasteiger partial charge in [-0.25, -0.2) is 4.98 Å². The van der Waals surface area contributed by atoms with Gasteiger partial charge in [0.05, 0.1) is 0 Å². The molecule has 0 aliphatic heterocycles. The summed E-state index contributed by atoms with van der Waals surface area (Å²) >= 11 is 0. The van der Waals surface area contributed by atoms with Gasteiger partial charge in [-0.2, -0.15) is 0 Å². The molecule has 0 aliphatic rings. The van der Waals surface area contributed by atoms with Gasteiger partial charge in [0.15, 0.2) is 6.29 Å². The quantitative estimate of drug-likeness (QED) is 0.773. The average Bonchev–Trinajstić information content (AvgIpc) is 2.39. The maximum Gasteiger partial charge on any atom is 0.222 e. The number of carbonyl (C=O) groups is 1. The highest BCUT2D eigenvalue weighted by atomic mass is 16.5. The van der Waals surface area contributed by atoms with Crippen LogP contribution in [0.2, 0.25) is 0 Å². The molecular formula is C18H21NO2. The lowest BCUT2D eigenvalue weighted by molar-refractivity contribution is 0.112. The first-order chi connectivity index (χ1) is 9.81. The summed E-state index contributed by atoms with van der Waals surface area (Å²) in [6, 6.07) is 7.99. The van der Waals surface area contributed by atoms with Crippen LogP contribution in [0.5, 0.6) is 11.6 Å². The second-order valence-corrected chi connectivity index (χ2v) is 6.36. The van der Waals surface area contributed by atoms with Crippen LogP contribution in [0.25, 0.3) is 0 Å². The fourth-order valence-corrected chi connectivity index (χ4v) is 2.19. The van der Waals surface area contributed by atoms with Gasteiger partial charge in [0.2, 0.25) is 5.88 Å². The molecule has 0 fully saturated rings. The molecule has 0 atom stereocenters. The van der Waals surface area contributed by atoms with Crippen molar-refractivity contribution in [3.63, 3.8) is 0 Å². The molecule has 21 heavy (non-hydrogen) atoms. The Morgan fingerprint density at radius 3 is 2.43 bits per heavy atom. The topological polar surface area (TPSA) is 39.2 Å². The van der Waals surface area contributed by atoms with Gasteiger partial charge in [-0.1, -0.05) is 32.9 Å². The van der Waals surface area contributed by atoms with E-state index in [-0.39, 0.29) is 5.41 Å². The molecule has 0 aliphatic carbocycles. The van der Waals surface area contributed by atoms with E-state index in [4.69, 9.17) is 4.74 Å². The number of aryl methyl sites for hydroxylation is 2. The van der Waals surface area contributed by atoms with Crippen molar-refractivity contribution in [3.8, 4) is 11.6 Å². The van der Waals surface area contributed by atoms with Crippen molar-refractivity contribution in [1.29, 1.82) is 0 Å². The Bertz CT molecular complexity index is 669. The number of hydrogen-bond acceptors (Lipinski definition) is 3. The molecule has 1 aromatic heterocycles. The lowest BCUT2D eigenvalue weighted by atomic mass is 9.86. The second-order valence-electron chi connectivity index (χ2n) is 6.36. The van der Waals surface area contributed by atoms with Crippen molar-refractivity contribution in [3.05, 3.63) is 52.7 Å². The van der Waals surface area contributed by atoms with Crippen LogP contribution in [-0.2, 0) is 5.41 Å². The number of carbonyl (C=O) groups excluding carboxylic acids is 1. The van der Waals surface area contributed by atoms with Crippen molar-refractivity contribution < 1.29 is 9.53 Å². The Kier molecular flexibility index (Phi) is 4.12. The number of nitrogens with zero attached hydrogens (tertiary/aromatic N) is 1. The second kappa shape index (κ2) is 5.68. The predicted octanol–water partition coefficient (Wildman–Crippen LogP) is 4.60. The zero-order valence-electron chi connectivity index (χ0n) is 13.2. The van der Waals surface area contributed by atoms with Crippen molar-refractivity contribution in [2.75, 3.05) is 0 Å². The fraction of sp³-hybridized carbons (Fsp3) is 0.333. The third-order valence-electron chi connectivity index (χ3n) is 3.34. The monoisotopic (exact) mass is 283 g/mol. The minimum absolute atomic E-state index is 0.0142. The van der Waals surface area contributed by atoms with Gasteiger partial charge in [-0.05, 0) is 37.0 Å². The molecule has 0 saturated heterocycles. The van der Waals surface area contributed by atoms with Crippen LogP contribution < -0.4 is 4.74 Å². The number of aromatic nitrogens is 1. The Hall–Kier alpha value is -2.16. The van der Waals surface area contributed by atoms with E-state index < -0.39 is 0 Å². The first-order valence-electron chi connectivity index (χ1n) is 7.02. The SMILES string of the molecule is Cc1ccc(C(C)(C)C)c(Oc2ncc(C=O)cc2C)c1. The molecule has 110 valence electrons. The van der Waals surface area contributed by atoms with Crippen LogP contribution in [0.3, 0.4) is 0 Å². The van der Waals surface area contributed by atoms with Crippen molar-refractivity contribution in [1.82, 2.24) is 4.98 Å². The summed E-state index contributed by atoms with van der Waals surface area (Å²) in [6.07, 6.45) is 2.32. The largest absolute Gasteiger partial charge is 0.438 e. The number of aldehydes is 1. The first kappa shape index (κ1) is 15.2. The van der Waals surface area contributed by atoms with Gasteiger partial charge < -0.3 is 4.74 Å². The van der Waals surface area contributed by atoms with Crippen molar-refractivity contribution >= 4 is 6.29 Å². The van der Waals surface area contributed by atoms with Crippen LogP contribution in [-0.4, -0.2) is 11.3 Å². The van der Waals surface area contributed by atoms with E-state index in [9.17, 15) is 4.79 Å². The Labute approximate surface area is 126 Å². The minimum atomic E-state index is -0.0142. The summed E-state index contributed by atoms with van der Waals surface area (Å²) in [5.74, 6) is 1.36. The first-order valence-corrected chi connectivity index (χ1v) is 7.02. The lowest BCUT2D eigenvalue weighted by Crippen LogP contribution is -2.13. The van der Waals surface area contributed by atoms with Gasteiger partial charge in [0.25, 0.3) is 0 Å². The van der Waals surface area contributed by atoms with Crippen molar-refractivity contribution in [2.24, 2.45) is 0 Å². The number of ether oxygens (including phenoxy) is 1. The van der Waals surface area contributed by atoms with Crippen molar-refractivity contribution in [2.45, 2.75) is 40.0 Å². The third kappa shape index (κ3) is 3.48. The van der Waals surface area contributed by atoms with Crippen LogP contribution in [0, 0.1) is 13.8 Å². The van der Waals surface area contributed by atoms with Gasteiger partial charge in [0, 0.05) is 22.9 Å². The molecule has 0 unspecified atom stereocenters. The maximum atomic E-state index is 10.8. The Balaban J connectivity index is 2.44. The highest BCUT2D eigenvalue weighted by Gasteiger charge is 2.20. The summed E-state index contributed by atoms with van der Waals surface area (Å²) in [6.45, 7) is 10.4. The number of pyridine rings is 1. The van der Waals surface area contributed by atoms with Crippen LogP contribution in [0.1, 0.15) is 47.8 Å². The maximum absolute atomic E-state index is 10.8. The molecule has 0 spiro atoms. The molecule has 0 amide bonds. The van der Waals surface area contributed by atoms with E-state index in [0.717, 1.165) is 28.7 Å². The molecule has 3 nitrogen and oxygen atoms in total. The average molecular weight is 283 g/mol. The number of benzene rings is 1. The van der Waals surface area contributed by atoms with Crippen LogP contribution in [0.4, 0.5) is 0 Å². The summed E-state index contributed by atoms with van der Waals surface area (Å²) in [5.41, 5.74) is 3.66. The predicted molar refractivity (Wildman–Crippen MR) is 84.3 cm³/mol. The van der Waals surface area contributed by atoms with E-state index in [0.29, 0.717) is 11.4 Å². The van der Waals surface area contributed by atoms with E-state index in [1.165, 1.54) is 6.20 Å². The van der Waals surface area contributed by atoms with Gasteiger partial charge >= 0.3 is 0 Å². The highest BCUT2D eigenvalue weighted by molar-refractivity contribution is 5.74. The summed E-state index contributed by atoms with van der Waals surface area (Å²) < 4.78 is 6.02. The number of hydrogen-bond donors (Lipinski definition) is 0. The standard InChI is InChI=1S/C18H21NO2/c1-12-6-7-15(18(3,4)5)16(8-12)21-17-13(2)9-14(11-20)10-19-17/h6-11H,1-5H3.